The number of primary sulfonamides is 1. The number of aromatic amines is 1. The van der Waals surface area contributed by atoms with Crippen molar-refractivity contribution in [3.05, 3.63) is 28.9 Å². The molecule has 0 aliphatic carbocycles. The molecule has 2 rings (SSSR count). The molecular formula is C8H9N5O3S2. The average Bonchev–Trinajstić information content (AvgIpc) is 2.96. The number of hydrogen-bond donors (Lipinski definition) is 3. The lowest BCUT2D eigenvalue weighted by atomic mass is 10.4. The maximum absolute atomic E-state index is 11.5. The highest BCUT2D eigenvalue weighted by atomic mass is 32.2. The van der Waals surface area contributed by atoms with Crippen molar-refractivity contribution in [3.63, 3.8) is 0 Å². The number of aromatic nitrogens is 3. The lowest BCUT2D eigenvalue weighted by Gasteiger charge is -1.99. The second kappa shape index (κ2) is 4.84. The highest BCUT2D eigenvalue weighted by Gasteiger charge is 2.12. The summed E-state index contributed by atoms with van der Waals surface area (Å²) in [6, 6.07) is 2.99. The van der Waals surface area contributed by atoms with Crippen LogP contribution in [-0.4, -0.2) is 29.7 Å². The standard InChI is InChI=1S/C8H9N5O3S2/c9-18(15,16)7-2-1-5(17-7)3-10-8(14)6-4-11-13-12-6/h1-2,4H,3H2,(H,10,14)(H2,9,15,16)(H,11,12,13). The second-order valence-corrected chi connectivity index (χ2v) is 6.26. The van der Waals surface area contributed by atoms with Gasteiger partial charge in [-0.1, -0.05) is 0 Å². The Hall–Kier alpha value is -1.78. The summed E-state index contributed by atoms with van der Waals surface area (Å²) >= 11 is 1.01. The summed E-state index contributed by atoms with van der Waals surface area (Å²) < 4.78 is 22.2. The van der Waals surface area contributed by atoms with Gasteiger partial charge in [0.25, 0.3) is 5.91 Å². The van der Waals surface area contributed by atoms with Crippen LogP contribution in [0.5, 0.6) is 0 Å². The molecule has 1 amide bonds. The largest absolute Gasteiger partial charge is 0.346 e. The number of nitrogens with zero attached hydrogens (tertiary/aromatic N) is 2. The van der Waals surface area contributed by atoms with Crippen molar-refractivity contribution in [1.82, 2.24) is 20.7 Å². The lowest BCUT2D eigenvalue weighted by molar-refractivity contribution is 0.0946. The first-order chi connectivity index (χ1) is 8.47. The highest BCUT2D eigenvalue weighted by molar-refractivity contribution is 7.91. The third kappa shape index (κ3) is 2.91. The smallest absolute Gasteiger partial charge is 0.273 e. The molecule has 0 saturated heterocycles. The fourth-order valence-electron chi connectivity index (χ4n) is 1.18. The van der Waals surface area contributed by atoms with Gasteiger partial charge in [0.1, 0.15) is 4.21 Å². The van der Waals surface area contributed by atoms with Crippen molar-refractivity contribution >= 4 is 27.3 Å². The van der Waals surface area contributed by atoms with E-state index in [1.807, 2.05) is 0 Å². The maximum atomic E-state index is 11.5. The predicted octanol–water partition coefficient (Wildman–Crippen LogP) is -0.556. The molecule has 96 valence electrons. The Morgan fingerprint density at radius 1 is 1.50 bits per heavy atom. The number of sulfonamides is 1. The van der Waals surface area contributed by atoms with E-state index in [0.717, 1.165) is 11.3 Å². The summed E-state index contributed by atoms with van der Waals surface area (Å²) in [6.07, 6.45) is 1.29. The van der Waals surface area contributed by atoms with Gasteiger partial charge in [-0.2, -0.15) is 15.4 Å². The number of thiophene rings is 1. The zero-order valence-electron chi connectivity index (χ0n) is 8.95. The Labute approximate surface area is 106 Å². The highest BCUT2D eigenvalue weighted by Crippen LogP contribution is 2.19. The van der Waals surface area contributed by atoms with Crippen molar-refractivity contribution in [2.24, 2.45) is 5.14 Å². The number of amides is 1. The van der Waals surface area contributed by atoms with Crippen LogP contribution in [0.1, 0.15) is 15.4 Å². The molecular weight excluding hydrogens is 278 g/mol. The van der Waals surface area contributed by atoms with Gasteiger partial charge in [-0.25, -0.2) is 13.6 Å². The predicted molar refractivity (Wildman–Crippen MR) is 63.2 cm³/mol. The van der Waals surface area contributed by atoms with Gasteiger partial charge < -0.3 is 5.32 Å². The molecule has 2 heterocycles. The second-order valence-electron chi connectivity index (χ2n) is 3.30. The number of carbonyl (C=O) groups excluding carboxylic acids is 1. The Morgan fingerprint density at radius 3 is 2.83 bits per heavy atom. The number of carbonyl (C=O) groups is 1. The number of hydrogen-bond acceptors (Lipinski definition) is 6. The molecule has 0 radical (unpaired) electrons. The minimum Gasteiger partial charge on any atom is -0.346 e. The van der Waals surface area contributed by atoms with Gasteiger partial charge in [-0.15, -0.1) is 11.3 Å². The number of nitrogens with two attached hydrogens (primary N) is 1. The molecule has 18 heavy (non-hydrogen) atoms. The van der Waals surface area contributed by atoms with Crippen LogP contribution in [0.4, 0.5) is 0 Å². The van der Waals surface area contributed by atoms with Crippen LogP contribution < -0.4 is 10.5 Å². The molecule has 0 aliphatic heterocycles. The van der Waals surface area contributed by atoms with Crippen molar-refractivity contribution in [3.8, 4) is 0 Å². The van der Waals surface area contributed by atoms with Crippen molar-refractivity contribution in [2.45, 2.75) is 10.8 Å². The van der Waals surface area contributed by atoms with E-state index < -0.39 is 15.9 Å². The minimum atomic E-state index is -3.69. The average molecular weight is 287 g/mol. The van der Waals surface area contributed by atoms with Gasteiger partial charge in [-0.3, -0.25) is 4.79 Å². The number of H-pyrrole nitrogens is 1. The third-order valence-corrected chi connectivity index (χ3v) is 4.51. The van der Waals surface area contributed by atoms with E-state index in [0.29, 0.717) is 4.88 Å². The monoisotopic (exact) mass is 287 g/mol. The van der Waals surface area contributed by atoms with Crippen molar-refractivity contribution in [2.75, 3.05) is 0 Å². The fraction of sp³-hybridized carbons (Fsp3) is 0.125. The fourth-order valence-corrected chi connectivity index (χ4v) is 2.89. The topological polar surface area (TPSA) is 131 Å². The van der Waals surface area contributed by atoms with E-state index in [4.69, 9.17) is 5.14 Å². The Morgan fingerprint density at radius 2 is 2.28 bits per heavy atom. The first-order valence-electron chi connectivity index (χ1n) is 4.72. The SMILES string of the molecule is NS(=O)(=O)c1ccc(CNC(=O)c2cn[nH]n2)s1. The zero-order valence-corrected chi connectivity index (χ0v) is 10.6. The van der Waals surface area contributed by atoms with Crippen LogP contribution >= 0.6 is 11.3 Å². The summed E-state index contributed by atoms with van der Waals surface area (Å²) in [6.45, 7) is 0.200. The Balaban J connectivity index is 1.99. The molecule has 0 aromatic carbocycles. The maximum Gasteiger partial charge on any atom is 0.273 e. The Bertz CT molecular complexity index is 646. The van der Waals surface area contributed by atoms with E-state index >= 15 is 0 Å². The molecule has 0 spiro atoms. The molecule has 4 N–H and O–H groups in total. The summed E-state index contributed by atoms with van der Waals surface area (Å²) in [5.41, 5.74) is 0.165. The molecule has 8 nitrogen and oxygen atoms in total. The summed E-state index contributed by atoms with van der Waals surface area (Å²) in [4.78, 5) is 12.2. The van der Waals surface area contributed by atoms with E-state index in [1.165, 1.54) is 12.3 Å². The summed E-state index contributed by atoms with van der Waals surface area (Å²) in [7, 11) is -3.69. The van der Waals surface area contributed by atoms with Gasteiger partial charge >= 0.3 is 0 Å². The van der Waals surface area contributed by atoms with Crippen LogP contribution in [0, 0.1) is 0 Å². The van der Waals surface area contributed by atoms with Crippen molar-refractivity contribution < 1.29 is 13.2 Å². The van der Waals surface area contributed by atoms with Crippen LogP contribution in [0.15, 0.2) is 22.5 Å². The molecule has 0 saturated carbocycles. The van der Waals surface area contributed by atoms with Crippen LogP contribution in [-0.2, 0) is 16.6 Å². The number of nitrogens with one attached hydrogen (secondary N) is 2. The van der Waals surface area contributed by atoms with E-state index in [-0.39, 0.29) is 16.4 Å². The molecule has 2 aromatic rings. The van der Waals surface area contributed by atoms with Gasteiger partial charge in [-0.05, 0) is 12.1 Å². The first-order valence-corrected chi connectivity index (χ1v) is 7.08. The lowest BCUT2D eigenvalue weighted by Crippen LogP contribution is -2.22. The van der Waals surface area contributed by atoms with Gasteiger partial charge in [0.05, 0.1) is 12.7 Å². The molecule has 0 bridgehead atoms. The van der Waals surface area contributed by atoms with Gasteiger partial charge in [0.2, 0.25) is 10.0 Å². The summed E-state index contributed by atoms with van der Waals surface area (Å²) in [5.74, 6) is -0.394. The van der Waals surface area contributed by atoms with E-state index in [1.54, 1.807) is 6.07 Å². The van der Waals surface area contributed by atoms with Crippen LogP contribution in [0.25, 0.3) is 0 Å². The number of rotatable bonds is 4. The minimum absolute atomic E-state index is 0.0631. The van der Waals surface area contributed by atoms with Crippen LogP contribution in [0.3, 0.4) is 0 Å². The zero-order chi connectivity index (χ0) is 13.2. The Kier molecular flexibility index (Phi) is 3.41. The third-order valence-electron chi connectivity index (χ3n) is 1.99. The molecule has 0 atom stereocenters. The molecule has 2 aromatic heterocycles. The quantitative estimate of drug-likeness (QED) is 0.694. The van der Waals surface area contributed by atoms with E-state index in [2.05, 4.69) is 20.7 Å². The molecule has 0 unspecified atom stereocenters. The van der Waals surface area contributed by atoms with Crippen molar-refractivity contribution in [1.29, 1.82) is 0 Å². The molecule has 0 aliphatic rings. The normalized spacial score (nSPS) is 11.4. The molecule has 10 heteroatoms. The van der Waals surface area contributed by atoms with Crippen LogP contribution in [0.2, 0.25) is 0 Å². The van der Waals surface area contributed by atoms with E-state index in [9.17, 15) is 13.2 Å². The van der Waals surface area contributed by atoms with Gasteiger partial charge in [0.15, 0.2) is 5.69 Å². The summed E-state index contributed by atoms with van der Waals surface area (Å²) in [5, 5.41) is 17.0. The van der Waals surface area contributed by atoms with Gasteiger partial charge in [0, 0.05) is 4.88 Å². The first kappa shape index (κ1) is 12.7. The molecule has 0 fully saturated rings.